The molecule has 1 nitrogen and oxygen atoms in total. The van der Waals surface area contributed by atoms with Crippen molar-refractivity contribution in [3.63, 3.8) is 0 Å². The van der Waals surface area contributed by atoms with Crippen molar-refractivity contribution in [1.82, 2.24) is 4.90 Å². The van der Waals surface area contributed by atoms with Crippen LogP contribution in [0.3, 0.4) is 0 Å². The van der Waals surface area contributed by atoms with Gasteiger partial charge in [-0.1, -0.05) is 39.7 Å². The fourth-order valence-electron chi connectivity index (χ4n) is 1.33. The maximum absolute atomic E-state index is 4.10. The van der Waals surface area contributed by atoms with E-state index in [9.17, 15) is 0 Å². The summed E-state index contributed by atoms with van der Waals surface area (Å²) in [6, 6.07) is 0. The van der Waals surface area contributed by atoms with Gasteiger partial charge in [0.1, 0.15) is 0 Å². The summed E-state index contributed by atoms with van der Waals surface area (Å²) in [6.07, 6.45) is 7.65. The van der Waals surface area contributed by atoms with Gasteiger partial charge in [-0.2, -0.15) is 0 Å². The first-order chi connectivity index (χ1) is 6.22. The van der Waals surface area contributed by atoms with Gasteiger partial charge in [0.05, 0.1) is 0 Å². The van der Waals surface area contributed by atoms with E-state index in [0.717, 1.165) is 0 Å². The summed E-state index contributed by atoms with van der Waals surface area (Å²) in [5.41, 5.74) is 1.30. The number of rotatable bonds is 8. The van der Waals surface area contributed by atoms with Crippen LogP contribution in [-0.4, -0.2) is 18.5 Å². The minimum atomic E-state index is 1.17. The van der Waals surface area contributed by atoms with Crippen molar-refractivity contribution in [3.05, 3.63) is 12.3 Å². The smallest absolute Gasteiger partial charge is 0.0171 e. The van der Waals surface area contributed by atoms with Crippen LogP contribution in [0.15, 0.2) is 12.3 Å². The van der Waals surface area contributed by atoms with E-state index in [4.69, 9.17) is 0 Å². The lowest BCUT2D eigenvalue weighted by molar-refractivity contribution is 0.385. The van der Waals surface area contributed by atoms with Gasteiger partial charge in [-0.15, -0.1) is 0 Å². The van der Waals surface area contributed by atoms with Crippen LogP contribution in [0.2, 0.25) is 0 Å². The molecule has 0 aliphatic carbocycles. The van der Waals surface area contributed by atoms with E-state index in [-0.39, 0.29) is 0 Å². The zero-order valence-electron chi connectivity index (χ0n) is 9.60. The Balaban J connectivity index is 3.45. The van der Waals surface area contributed by atoms with Gasteiger partial charge < -0.3 is 4.90 Å². The van der Waals surface area contributed by atoms with Crippen molar-refractivity contribution in [3.8, 4) is 0 Å². The highest BCUT2D eigenvalue weighted by Crippen LogP contribution is 2.09. The summed E-state index contributed by atoms with van der Waals surface area (Å²) >= 11 is 0. The molecule has 0 aromatic heterocycles. The molecule has 78 valence electrons. The SMILES string of the molecule is C=C(CCCC)N(C)CCCCC. The third kappa shape index (κ3) is 6.68. The van der Waals surface area contributed by atoms with Crippen molar-refractivity contribution in [2.24, 2.45) is 0 Å². The molecule has 0 aliphatic rings. The summed E-state index contributed by atoms with van der Waals surface area (Å²) in [6.45, 7) is 9.74. The van der Waals surface area contributed by atoms with Gasteiger partial charge in [0, 0.05) is 19.3 Å². The standard InChI is InChI=1S/C12H25N/c1-5-7-9-11-13(4)12(3)10-8-6-2/h3,5-11H2,1-2,4H3. The molecule has 0 spiro atoms. The van der Waals surface area contributed by atoms with Gasteiger partial charge in [0.15, 0.2) is 0 Å². The van der Waals surface area contributed by atoms with Crippen molar-refractivity contribution >= 4 is 0 Å². The quantitative estimate of drug-likeness (QED) is 0.517. The summed E-state index contributed by atoms with van der Waals surface area (Å²) in [5.74, 6) is 0. The van der Waals surface area contributed by atoms with Crippen molar-refractivity contribution < 1.29 is 0 Å². The third-order valence-electron chi connectivity index (χ3n) is 2.46. The second-order valence-electron chi connectivity index (χ2n) is 3.80. The monoisotopic (exact) mass is 183 g/mol. The molecule has 0 fully saturated rings. The zero-order chi connectivity index (χ0) is 10.1. The topological polar surface area (TPSA) is 3.24 Å². The summed E-state index contributed by atoms with van der Waals surface area (Å²) in [7, 11) is 2.16. The van der Waals surface area contributed by atoms with Crippen LogP contribution >= 0.6 is 0 Å². The van der Waals surface area contributed by atoms with Crippen LogP contribution in [0, 0.1) is 0 Å². The molecule has 0 atom stereocenters. The van der Waals surface area contributed by atoms with Gasteiger partial charge in [0.25, 0.3) is 0 Å². The highest BCUT2D eigenvalue weighted by Gasteiger charge is 2.00. The highest BCUT2D eigenvalue weighted by atomic mass is 15.1. The molecule has 0 aromatic rings. The zero-order valence-corrected chi connectivity index (χ0v) is 9.60. The highest BCUT2D eigenvalue weighted by molar-refractivity contribution is 4.91. The lowest BCUT2D eigenvalue weighted by Gasteiger charge is -2.21. The van der Waals surface area contributed by atoms with Gasteiger partial charge in [-0.25, -0.2) is 0 Å². The van der Waals surface area contributed by atoms with Crippen molar-refractivity contribution in [2.45, 2.75) is 52.4 Å². The molecule has 0 aromatic carbocycles. The Bertz CT molecular complexity index is 129. The van der Waals surface area contributed by atoms with Crippen LogP contribution in [0.25, 0.3) is 0 Å². The van der Waals surface area contributed by atoms with Gasteiger partial charge in [-0.3, -0.25) is 0 Å². The summed E-state index contributed by atoms with van der Waals surface area (Å²) in [4.78, 5) is 2.31. The Morgan fingerprint density at radius 2 is 1.69 bits per heavy atom. The van der Waals surface area contributed by atoms with Crippen LogP contribution in [0.1, 0.15) is 52.4 Å². The van der Waals surface area contributed by atoms with Crippen molar-refractivity contribution in [1.29, 1.82) is 0 Å². The lowest BCUT2D eigenvalue weighted by Crippen LogP contribution is -2.18. The predicted molar refractivity (Wildman–Crippen MR) is 60.8 cm³/mol. The van der Waals surface area contributed by atoms with Crippen molar-refractivity contribution in [2.75, 3.05) is 13.6 Å². The van der Waals surface area contributed by atoms with Gasteiger partial charge in [-0.05, 0) is 19.3 Å². The Labute approximate surface area is 83.8 Å². The molecule has 0 aliphatic heterocycles. The Morgan fingerprint density at radius 1 is 1.08 bits per heavy atom. The first kappa shape index (κ1) is 12.5. The Hall–Kier alpha value is -0.460. The minimum absolute atomic E-state index is 1.17. The first-order valence-electron chi connectivity index (χ1n) is 5.61. The van der Waals surface area contributed by atoms with E-state index < -0.39 is 0 Å². The molecule has 0 amide bonds. The Morgan fingerprint density at radius 3 is 2.23 bits per heavy atom. The fraction of sp³-hybridized carbons (Fsp3) is 0.833. The van der Waals surface area contributed by atoms with E-state index in [1.165, 1.54) is 50.8 Å². The molecule has 0 unspecified atom stereocenters. The van der Waals surface area contributed by atoms with E-state index in [1.54, 1.807) is 0 Å². The van der Waals surface area contributed by atoms with E-state index in [1.807, 2.05) is 0 Å². The van der Waals surface area contributed by atoms with Crippen LogP contribution in [0.4, 0.5) is 0 Å². The largest absolute Gasteiger partial charge is 0.378 e. The second kappa shape index (κ2) is 8.15. The van der Waals surface area contributed by atoms with E-state index in [0.29, 0.717) is 0 Å². The molecule has 0 N–H and O–H groups in total. The molecular weight excluding hydrogens is 158 g/mol. The average Bonchev–Trinajstić information content (AvgIpc) is 2.14. The molecule has 0 rings (SSSR count). The molecule has 13 heavy (non-hydrogen) atoms. The molecule has 0 saturated carbocycles. The van der Waals surface area contributed by atoms with E-state index in [2.05, 4.69) is 32.4 Å². The molecule has 0 radical (unpaired) electrons. The molecule has 0 heterocycles. The van der Waals surface area contributed by atoms with Gasteiger partial charge in [0.2, 0.25) is 0 Å². The number of hydrogen-bond donors (Lipinski definition) is 0. The normalized spacial score (nSPS) is 10.1. The second-order valence-corrected chi connectivity index (χ2v) is 3.80. The predicted octanol–water partition coefficient (Wildman–Crippen LogP) is 3.81. The number of hydrogen-bond acceptors (Lipinski definition) is 1. The summed E-state index contributed by atoms with van der Waals surface area (Å²) in [5, 5.41) is 0. The molecular formula is C12H25N. The number of allylic oxidation sites excluding steroid dienone is 1. The number of nitrogens with zero attached hydrogens (tertiary/aromatic N) is 1. The van der Waals surface area contributed by atoms with Gasteiger partial charge >= 0.3 is 0 Å². The maximum Gasteiger partial charge on any atom is 0.0171 e. The molecule has 1 heteroatoms. The van der Waals surface area contributed by atoms with E-state index >= 15 is 0 Å². The maximum atomic E-state index is 4.10. The fourth-order valence-corrected chi connectivity index (χ4v) is 1.33. The van der Waals surface area contributed by atoms with Crippen LogP contribution in [-0.2, 0) is 0 Å². The number of unbranched alkanes of at least 4 members (excludes halogenated alkanes) is 3. The minimum Gasteiger partial charge on any atom is -0.378 e. The lowest BCUT2D eigenvalue weighted by atomic mass is 10.2. The first-order valence-corrected chi connectivity index (χ1v) is 5.61. The van der Waals surface area contributed by atoms with Crippen LogP contribution < -0.4 is 0 Å². The third-order valence-corrected chi connectivity index (χ3v) is 2.46. The summed E-state index contributed by atoms with van der Waals surface area (Å²) < 4.78 is 0. The molecule has 0 saturated heterocycles. The average molecular weight is 183 g/mol. The molecule has 0 bridgehead atoms. The van der Waals surface area contributed by atoms with Crippen LogP contribution in [0.5, 0.6) is 0 Å². The Kier molecular flexibility index (Phi) is 7.86.